The van der Waals surface area contributed by atoms with E-state index in [2.05, 4.69) is 23.1 Å². The van der Waals surface area contributed by atoms with Crippen molar-refractivity contribution in [3.05, 3.63) is 34.2 Å². The lowest BCUT2D eigenvalue weighted by atomic mass is 10.2. The second kappa shape index (κ2) is 4.58. The van der Waals surface area contributed by atoms with Crippen LogP contribution >= 0.6 is 22.9 Å². The second-order valence-corrected chi connectivity index (χ2v) is 6.13. The lowest BCUT2D eigenvalue weighted by molar-refractivity contribution is 0.330. The van der Waals surface area contributed by atoms with Gasteiger partial charge in [0.25, 0.3) is 0 Å². The first-order chi connectivity index (χ1) is 8.24. The molecule has 0 radical (unpaired) electrons. The van der Waals surface area contributed by atoms with Gasteiger partial charge in [-0.05, 0) is 12.5 Å². The maximum atomic E-state index is 6.42. The Bertz CT molecular complexity index is 537. The molecule has 0 amide bonds. The van der Waals surface area contributed by atoms with Gasteiger partial charge in [0.2, 0.25) is 0 Å². The minimum Gasteiger partial charge on any atom is -0.326 e. The maximum absolute atomic E-state index is 6.42. The summed E-state index contributed by atoms with van der Waals surface area (Å²) >= 11 is 8.22. The molecule has 4 heteroatoms. The molecule has 2 nitrogen and oxygen atoms in total. The Hall–Kier alpha value is -0.610. The molecule has 1 aromatic carbocycles. The van der Waals surface area contributed by atoms with Crippen molar-refractivity contribution >= 4 is 33.0 Å². The second-order valence-electron chi connectivity index (χ2n) is 4.62. The van der Waals surface area contributed by atoms with Crippen LogP contribution < -0.4 is 5.73 Å². The maximum Gasteiger partial charge on any atom is 0.0637 e. The topological polar surface area (TPSA) is 29.3 Å². The van der Waals surface area contributed by atoms with Crippen LogP contribution in [0.5, 0.6) is 0 Å². The molecule has 1 aromatic heterocycles. The molecule has 1 aliphatic heterocycles. The largest absolute Gasteiger partial charge is 0.326 e. The van der Waals surface area contributed by atoms with Gasteiger partial charge in [-0.15, -0.1) is 11.3 Å². The van der Waals surface area contributed by atoms with Crippen molar-refractivity contribution in [2.45, 2.75) is 19.0 Å². The predicted molar refractivity (Wildman–Crippen MR) is 74.7 cm³/mol. The first-order valence-electron chi connectivity index (χ1n) is 5.88. The summed E-state index contributed by atoms with van der Waals surface area (Å²) in [6.45, 7) is 3.02. The molecular weight excluding hydrogens is 252 g/mol. The molecule has 1 aliphatic rings. The number of hydrogen-bond donors (Lipinski definition) is 1. The summed E-state index contributed by atoms with van der Waals surface area (Å²) in [4.78, 5) is 3.66. The van der Waals surface area contributed by atoms with Gasteiger partial charge in [0, 0.05) is 40.6 Å². The van der Waals surface area contributed by atoms with E-state index in [0.717, 1.165) is 31.1 Å². The molecule has 90 valence electrons. The van der Waals surface area contributed by atoms with Crippen LogP contribution in [-0.4, -0.2) is 24.0 Å². The van der Waals surface area contributed by atoms with Gasteiger partial charge in [0.05, 0.1) is 5.02 Å². The third-order valence-corrected chi connectivity index (χ3v) is 4.98. The highest BCUT2D eigenvalue weighted by atomic mass is 35.5. The van der Waals surface area contributed by atoms with Crippen LogP contribution in [-0.2, 0) is 6.54 Å². The van der Waals surface area contributed by atoms with Crippen molar-refractivity contribution in [3.63, 3.8) is 0 Å². The fraction of sp³-hybridized carbons (Fsp3) is 0.385. The van der Waals surface area contributed by atoms with E-state index in [9.17, 15) is 0 Å². The lowest BCUT2D eigenvalue weighted by Crippen LogP contribution is -2.26. The Balaban J connectivity index is 1.88. The van der Waals surface area contributed by atoms with Crippen molar-refractivity contribution < 1.29 is 0 Å². The number of hydrogen-bond acceptors (Lipinski definition) is 3. The number of nitrogens with two attached hydrogens (primary N) is 1. The predicted octanol–water partition coefficient (Wildman–Crippen LogP) is 3.09. The number of nitrogens with zero attached hydrogens (tertiary/aromatic N) is 1. The molecule has 0 spiro atoms. The quantitative estimate of drug-likeness (QED) is 0.905. The van der Waals surface area contributed by atoms with Crippen LogP contribution in [0.1, 0.15) is 11.3 Å². The highest BCUT2D eigenvalue weighted by molar-refractivity contribution is 7.19. The van der Waals surface area contributed by atoms with Gasteiger partial charge in [0.15, 0.2) is 0 Å². The average molecular weight is 267 g/mol. The van der Waals surface area contributed by atoms with E-state index in [0.29, 0.717) is 6.04 Å². The minimum atomic E-state index is 0.336. The molecule has 0 aliphatic carbocycles. The third-order valence-electron chi connectivity index (χ3n) is 3.28. The molecule has 2 N–H and O–H groups in total. The van der Waals surface area contributed by atoms with E-state index >= 15 is 0 Å². The molecule has 1 unspecified atom stereocenters. The van der Waals surface area contributed by atoms with Crippen LogP contribution in [0.15, 0.2) is 24.3 Å². The van der Waals surface area contributed by atoms with Gasteiger partial charge < -0.3 is 5.73 Å². The number of benzene rings is 1. The molecule has 2 heterocycles. The highest BCUT2D eigenvalue weighted by Gasteiger charge is 2.21. The Morgan fingerprint density at radius 1 is 1.41 bits per heavy atom. The van der Waals surface area contributed by atoms with Crippen molar-refractivity contribution in [2.75, 3.05) is 13.1 Å². The van der Waals surface area contributed by atoms with Crippen molar-refractivity contribution in [1.29, 1.82) is 0 Å². The molecule has 0 saturated carbocycles. The number of rotatable bonds is 2. The summed E-state index contributed by atoms with van der Waals surface area (Å²) in [5.41, 5.74) is 5.92. The zero-order valence-electron chi connectivity index (χ0n) is 9.53. The van der Waals surface area contributed by atoms with E-state index in [1.54, 1.807) is 11.3 Å². The Morgan fingerprint density at radius 2 is 2.24 bits per heavy atom. The molecular formula is C13H15ClN2S. The Morgan fingerprint density at radius 3 is 2.94 bits per heavy atom. The molecule has 1 atom stereocenters. The molecule has 2 aromatic rings. The third kappa shape index (κ3) is 2.20. The number of thiophene rings is 1. The van der Waals surface area contributed by atoms with Gasteiger partial charge in [-0.3, -0.25) is 4.90 Å². The van der Waals surface area contributed by atoms with E-state index in [1.165, 1.54) is 15.0 Å². The fourth-order valence-corrected chi connectivity index (χ4v) is 3.91. The summed E-state index contributed by atoms with van der Waals surface area (Å²) in [5, 5.41) is 2.10. The van der Waals surface area contributed by atoms with Gasteiger partial charge in [0.1, 0.15) is 0 Å². The van der Waals surface area contributed by atoms with E-state index < -0.39 is 0 Å². The molecule has 3 rings (SSSR count). The van der Waals surface area contributed by atoms with Crippen LogP contribution in [0, 0.1) is 0 Å². The van der Waals surface area contributed by atoms with Gasteiger partial charge in [-0.25, -0.2) is 0 Å². The minimum absolute atomic E-state index is 0.336. The number of likely N-dealkylation sites (tertiary alicyclic amines) is 1. The van der Waals surface area contributed by atoms with Gasteiger partial charge in [-0.2, -0.15) is 0 Å². The first kappa shape index (κ1) is 11.5. The smallest absolute Gasteiger partial charge is 0.0637 e. The number of fused-ring (bicyclic) bond motifs is 1. The molecule has 1 fully saturated rings. The average Bonchev–Trinajstić information content (AvgIpc) is 2.86. The Labute approximate surface area is 110 Å². The van der Waals surface area contributed by atoms with Crippen molar-refractivity contribution in [1.82, 2.24) is 4.90 Å². The van der Waals surface area contributed by atoms with Crippen LogP contribution in [0.3, 0.4) is 0 Å². The molecule has 17 heavy (non-hydrogen) atoms. The molecule has 0 bridgehead atoms. The van der Waals surface area contributed by atoms with Crippen LogP contribution in [0.4, 0.5) is 0 Å². The Kier molecular flexibility index (Phi) is 3.09. The normalized spacial score (nSPS) is 21.4. The van der Waals surface area contributed by atoms with E-state index in [-0.39, 0.29) is 0 Å². The SMILES string of the molecule is NC1CCN(Cc2sc3ccccc3c2Cl)C1. The molecule has 1 saturated heterocycles. The highest BCUT2D eigenvalue weighted by Crippen LogP contribution is 2.36. The lowest BCUT2D eigenvalue weighted by Gasteiger charge is -2.13. The van der Waals surface area contributed by atoms with E-state index in [1.807, 2.05) is 6.07 Å². The number of halogens is 1. The first-order valence-corrected chi connectivity index (χ1v) is 7.07. The fourth-order valence-electron chi connectivity index (χ4n) is 2.38. The summed E-state index contributed by atoms with van der Waals surface area (Å²) in [7, 11) is 0. The summed E-state index contributed by atoms with van der Waals surface area (Å²) in [6.07, 6.45) is 1.10. The monoisotopic (exact) mass is 266 g/mol. The standard InChI is InChI=1S/C13H15ClN2S/c14-13-10-3-1-2-4-11(10)17-12(13)8-16-6-5-9(15)7-16/h1-4,9H,5-8,15H2. The van der Waals surface area contributed by atoms with Crippen molar-refractivity contribution in [3.8, 4) is 0 Å². The van der Waals surface area contributed by atoms with E-state index in [4.69, 9.17) is 17.3 Å². The van der Waals surface area contributed by atoms with Crippen LogP contribution in [0.2, 0.25) is 5.02 Å². The summed E-state index contributed by atoms with van der Waals surface area (Å²) in [5.74, 6) is 0. The zero-order valence-corrected chi connectivity index (χ0v) is 11.1. The summed E-state index contributed by atoms with van der Waals surface area (Å²) < 4.78 is 1.27. The van der Waals surface area contributed by atoms with Crippen LogP contribution in [0.25, 0.3) is 10.1 Å². The van der Waals surface area contributed by atoms with Gasteiger partial charge >= 0.3 is 0 Å². The summed E-state index contributed by atoms with van der Waals surface area (Å²) in [6, 6.07) is 8.66. The van der Waals surface area contributed by atoms with Crippen molar-refractivity contribution in [2.24, 2.45) is 5.73 Å². The zero-order chi connectivity index (χ0) is 11.8. The van der Waals surface area contributed by atoms with Gasteiger partial charge in [-0.1, -0.05) is 29.8 Å².